The maximum Gasteiger partial charge on any atom is 0.267 e. The first-order chi connectivity index (χ1) is 10.3. The van der Waals surface area contributed by atoms with Crippen LogP contribution in [0.5, 0.6) is 0 Å². The van der Waals surface area contributed by atoms with Crippen LogP contribution in [-0.2, 0) is 6.42 Å². The Labute approximate surface area is 122 Å². The molecular formula is C14H10F3N3O2. The normalized spacial score (nSPS) is 10.5. The van der Waals surface area contributed by atoms with Crippen LogP contribution in [0.1, 0.15) is 32.0 Å². The lowest BCUT2D eigenvalue weighted by molar-refractivity contribution is 0.0983. The smallest absolute Gasteiger partial charge is 0.267 e. The Bertz CT molecular complexity index is 755. The van der Waals surface area contributed by atoms with Crippen LogP contribution in [0.15, 0.2) is 24.4 Å². The predicted molar refractivity (Wildman–Crippen MR) is 70.4 cm³/mol. The van der Waals surface area contributed by atoms with E-state index in [4.69, 9.17) is 11.5 Å². The van der Waals surface area contributed by atoms with Gasteiger partial charge in [0.2, 0.25) is 5.91 Å². The molecule has 2 rings (SSSR count). The minimum absolute atomic E-state index is 0.00760. The number of hydrogen-bond donors (Lipinski definition) is 2. The molecule has 0 aliphatic heterocycles. The predicted octanol–water partition coefficient (Wildman–Crippen LogP) is 1.29. The number of primary amides is 2. The molecule has 8 heteroatoms. The van der Waals surface area contributed by atoms with E-state index < -0.39 is 41.3 Å². The summed E-state index contributed by atoms with van der Waals surface area (Å²) in [7, 11) is 0. The first-order valence-electron chi connectivity index (χ1n) is 6.01. The van der Waals surface area contributed by atoms with Gasteiger partial charge in [-0.15, -0.1) is 0 Å². The number of aromatic nitrogens is 1. The molecule has 2 aromatic rings. The summed E-state index contributed by atoms with van der Waals surface area (Å²) in [6.07, 6.45) is 0.591. The van der Waals surface area contributed by atoms with Crippen molar-refractivity contribution in [1.29, 1.82) is 0 Å². The van der Waals surface area contributed by atoms with E-state index in [1.54, 1.807) is 0 Å². The number of carbonyl (C=O) groups is 2. The fourth-order valence-electron chi connectivity index (χ4n) is 1.93. The number of rotatable bonds is 4. The lowest BCUT2D eigenvalue weighted by Gasteiger charge is -2.09. The van der Waals surface area contributed by atoms with Gasteiger partial charge >= 0.3 is 0 Å². The monoisotopic (exact) mass is 309 g/mol. The van der Waals surface area contributed by atoms with Crippen LogP contribution >= 0.6 is 0 Å². The minimum atomic E-state index is -1.13. The third-order valence-corrected chi connectivity index (χ3v) is 2.96. The van der Waals surface area contributed by atoms with E-state index in [0.29, 0.717) is 12.1 Å². The van der Waals surface area contributed by atoms with Crippen LogP contribution in [0.2, 0.25) is 0 Å². The molecule has 0 aliphatic carbocycles. The van der Waals surface area contributed by atoms with Crippen molar-refractivity contribution in [2.75, 3.05) is 0 Å². The molecule has 2 amide bonds. The topological polar surface area (TPSA) is 99.1 Å². The first kappa shape index (κ1) is 15.5. The van der Waals surface area contributed by atoms with E-state index in [-0.39, 0.29) is 16.8 Å². The summed E-state index contributed by atoms with van der Waals surface area (Å²) >= 11 is 0. The van der Waals surface area contributed by atoms with Crippen LogP contribution in [0.4, 0.5) is 13.2 Å². The van der Waals surface area contributed by atoms with Crippen LogP contribution in [0.3, 0.4) is 0 Å². The number of amides is 2. The highest BCUT2D eigenvalue weighted by atomic mass is 19.1. The molecule has 0 saturated heterocycles. The van der Waals surface area contributed by atoms with Gasteiger partial charge in [-0.25, -0.2) is 18.2 Å². The average molecular weight is 309 g/mol. The van der Waals surface area contributed by atoms with Gasteiger partial charge in [0.1, 0.15) is 23.1 Å². The molecule has 22 heavy (non-hydrogen) atoms. The fraction of sp³-hybridized carbons (Fsp3) is 0.0714. The van der Waals surface area contributed by atoms with E-state index >= 15 is 0 Å². The number of nitrogens with two attached hydrogens (primary N) is 2. The second-order valence-corrected chi connectivity index (χ2v) is 4.48. The number of halogens is 3. The minimum Gasteiger partial charge on any atom is -0.366 e. The van der Waals surface area contributed by atoms with Crippen molar-refractivity contribution in [2.24, 2.45) is 11.5 Å². The van der Waals surface area contributed by atoms with Crippen molar-refractivity contribution >= 4 is 11.8 Å². The van der Waals surface area contributed by atoms with Gasteiger partial charge in [-0.3, -0.25) is 9.59 Å². The quantitative estimate of drug-likeness (QED) is 0.890. The molecule has 5 nitrogen and oxygen atoms in total. The zero-order chi connectivity index (χ0) is 16.4. The molecule has 0 spiro atoms. The third kappa shape index (κ3) is 3.05. The van der Waals surface area contributed by atoms with Crippen molar-refractivity contribution < 1.29 is 22.8 Å². The SMILES string of the molecule is NC(=O)c1cnc(C(N)=O)c(Cc2c(F)cc(F)cc2F)c1. The Hall–Kier alpha value is -2.90. The Morgan fingerprint density at radius 3 is 2.09 bits per heavy atom. The van der Waals surface area contributed by atoms with Crippen molar-refractivity contribution in [2.45, 2.75) is 6.42 Å². The van der Waals surface area contributed by atoms with Crippen molar-refractivity contribution in [1.82, 2.24) is 4.98 Å². The lowest BCUT2D eigenvalue weighted by atomic mass is 10.0. The summed E-state index contributed by atoms with van der Waals surface area (Å²) in [5, 5.41) is 0. The zero-order valence-corrected chi connectivity index (χ0v) is 11.1. The van der Waals surface area contributed by atoms with Crippen LogP contribution < -0.4 is 11.5 Å². The van der Waals surface area contributed by atoms with E-state index in [2.05, 4.69) is 4.98 Å². The van der Waals surface area contributed by atoms with E-state index in [1.165, 1.54) is 0 Å². The Balaban J connectivity index is 2.54. The summed E-state index contributed by atoms with van der Waals surface area (Å²) < 4.78 is 40.3. The second-order valence-electron chi connectivity index (χ2n) is 4.48. The summed E-state index contributed by atoms with van der Waals surface area (Å²) in [5.41, 5.74) is 9.44. The summed E-state index contributed by atoms with van der Waals surface area (Å²) in [5.74, 6) is -5.09. The molecule has 1 aromatic carbocycles. The van der Waals surface area contributed by atoms with Crippen molar-refractivity contribution in [3.05, 3.63) is 64.2 Å². The molecule has 0 aliphatic rings. The van der Waals surface area contributed by atoms with Crippen LogP contribution in [-0.4, -0.2) is 16.8 Å². The fourth-order valence-corrected chi connectivity index (χ4v) is 1.93. The van der Waals surface area contributed by atoms with Gasteiger partial charge in [0.15, 0.2) is 0 Å². The highest BCUT2D eigenvalue weighted by molar-refractivity contribution is 5.96. The van der Waals surface area contributed by atoms with Crippen LogP contribution in [0, 0.1) is 17.5 Å². The van der Waals surface area contributed by atoms with E-state index in [9.17, 15) is 22.8 Å². The van der Waals surface area contributed by atoms with Crippen molar-refractivity contribution in [3.63, 3.8) is 0 Å². The highest BCUT2D eigenvalue weighted by Crippen LogP contribution is 2.20. The molecule has 4 N–H and O–H groups in total. The van der Waals surface area contributed by atoms with Crippen LogP contribution in [0.25, 0.3) is 0 Å². The molecule has 0 saturated carbocycles. The van der Waals surface area contributed by atoms with Gasteiger partial charge in [0.25, 0.3) is 5.91 Å². The van der Waals surface area contributed by atoms with E-state index in [1.807, 2.05) is 0 Å². The largest absolute Gasteiger partial charge is 0.366 e. The Morgan fingerprint density at radius 2 is 1.59 bits per heavy atom. The molecule has 0 bridgehead atoms. The summed E-state index contributed by atoms with van der Waals surface area (Å²) in [4.78, 5) is 26.1. The standard InChI is InChI=1S/C14H10F3N3O2/c15-8-3-10(16)9(11(17)4-8)2-6-1-7(13(18)21)5-20-12(6)14(19)22/h1,3-5H,2H2,(H2,18,21)(H2,19,22). The second kappa shape index (κ2) is 5.84. The molecule has 114 valence electrons. The molecule has 1 heterocycles. The van der Waals surface area contributed by atoms with Gasteiger partial charge < -0.3 is 11.5 Å². The molecule has 0 unspecified atom stereocenters. The van der Waals surface area contributed by atoms with Gasteiger partial charge in [-0.1, -0.05) is 0 Å². The maximum atomic E-state index is 13.7. The molecule has 1 aromatic heterocycles. The molecular weight excluding hydrogens is 299 g/mol. The van der Waals surface area contributed by atoms with Crippen molar-refractivity contribution in [3.8, 4) is 0 Å². The summed E-state index contributed by atoms with van der Waals surface area (Å²) in [6, 6.07) is 2.18. The lowest BCUT2D eigenvalue weighted by Crippen LogP contribution is -2.19. The molecule has 0 atom stereocenters. The molecule has 0 fully saturated rings. The van der Waals surface area contributed by atoms with E-state index in [0.717, 1.165) is 12.3 Å². The zero-order valence-electron chi connectivity index (χ0n) is 11.1. The highest BCUT2D eigenvalue weighted by Gasteiger charge is 2.18. The maximum absolute atomic E-state index is 13.7. The van der Waals surface area contributed by atoms with Gasteiger partial charge in [0, 0.05) is 30.3 Å². The number of pyridine rings is 1. The number of carbonyl (C=O) groups excluding carboxylic acids is 2. The number of nitrogens with zero attached hydrogens (tertiary/aromatic N) is 1. The Kier molecular flexibility index (Phi) is 4.11. The van der Waals surface area contributed by atoms with Gasteiger partial charge in [0.05, 0.1) is 5.56 Å². The van der Waals surface area contributed by atoms with Gasteiger partial charge in [-0.2, -0.15) is 0 Å². The summed E-state index contributed by atoms with van der Waals surface area (Å²) in [6.45, 7) is 0. The number of hydrogen-bond acceptors (Lipinski definition) is 3. The number of benzene rings is 1. The molecule has 0 radical (unpaired) electrons. The Morgan fingerprint density at radius 1 is 1.00 bits per heavy atom. The third-order valence-electron chi connectivity index (χ3n) is 2.96. The first-order valence-corrected chi connectivity index (χ1v) is 6.01. The average Bonchev–Trinajstić information content (AvgIpc) is 2.42. The van der Waals surface area contributed by atoms with Gasteiger partial charge in [-0.05, 0) is 11.6 Å².